The molecular weight excluding hydrogens is 349 g/mol. The van der Waals surface area contributed by atoms with Crippen molar-refractivity contribution in [2.75, 3.05) is 5.32 Å². The van der Waals surface area contributed by atoms with Gasteiger partial charge in [-0.15, -0.1) is 13.2 Å². The predicted octanol–water partition coefficient (Wildman–Crippen LogP) is 3.69. The minimum absolute atomic E-state index is 0.0187. The lowest BCUT2D eigenvalue weighted by molar-refractivity contribution is -0.274. The van der Waals surface area contributed by atoms with E-state index in [0.29, 0.717) is 5.88 Å². The molecule has 0 aliphatic rings. The Morgan fingerprint density at radius 2 is 1.96 bits per heavy atom. The van der Waals surface area contributed by atoms with Crippen molar-refractivity contribution in [2.24, 2.45) is 10.7 Å². The van der Waals surface area contributed by atoms with Gasteiger partial charge in [-0.2, -0.15) is 0 Å². The lowest BCUT2D eigenvalue weighted by Gasteiger charge is -2.14. The van der Waals surface area contributed by atoms with Crippen LogP contribution in [0.15, 0.2) is 47.6 Å². The van der Waals surface area contributed by atoms with Gasteiger partial charge < -0.3 is 20.5 Å². The Kier molecular flexibility index (Phi) is 6.26. The Morgan fingerprint density at radius 1 is 1.23 bits per heavy atom. The van der Waals surface area contributed by atoms with Crippen molar-refractivity contribution in [3.05, 3.63) is 48.2 Å². The third-order valence-corrected chi connectivity index (χ3v) is 2.96. The van der Waals surface area contributed by atoms with Gasteiger partial charge in [-0.05, 0) is 31.5 Å². The highest BCUT2D eigenvalue weighted by Crippen LogP contribution is 2.29. The number of hydrogen-bond acceptors (Lipinski definition) is 4. The summed E-state index contributed by atoms with van der Waals surface area (Å²) in [6, 6.07) is 9.05. The molecule has 2 rings (SSSR count). The molecule has 0 fully saturated rings. The zero-order valence-electron chi connectivity index (χ0n) is 14.2. The van der Waals surface area contributed by atoms with E-state index < -0.39 is 12.1 Å². The van der Waals surface area contributed by atoms with E-state index in [1.165, 1.54) is 18.2 Å². The van der Waals surface area contributed by atoms with Crippen molar-refractivity contribution < 1.29 is 22.6 Å². The fourth-order valence-corrected chi connectivity index (χ4v) is 1.95. The number of para-hydroxylation sites is 2. The Hall–Kier alpha value is -2.97. The zero-order chi connectivity index (χ0) is 19.2. The first-order valence-electron chi connectivity index (χ1n) is 7.76. The molecule has 0 atom stereocenters. The molecule has 1 aromatic heterocycles. The van der Waals surface area contributed by atoms with Crippen molar-refractivity contribution in [2.45, 2.75) is 32.9 Å². The minimum atomic E-state index is -4.80. The molecule has 0 amide bonds. The van der Waals surface area contributed by atoms with Crippen molar-refractivity contribution >= 4 is 11.6 Å². The van der Waals surface area contributed by atoms with Crippen LogP contribution < -0.4 is 20.5 Å². The lowest BCUT2D eigenvalue weighted by atomic mass is 10.3. The first-order valence-corrected chi connectivity index (χ1v) is 7.76. The van der Waals surface area contributed by atoms with E-state index in [4.69, 9.17) is 10.5 Å². The molecule has 1 aromatic carbocycles. The molecule has 26 heavy (non-hydrogen) atoms. The molecule has 6 nitrogen and oxygen atoms in total. The van der Waals surface area contributed by atoms with Gasteiger partial charge in [0.1, 0.15) is 0 Å². The van der Waals surface area contributed by atoms with Crippen molar-refractivity contribution in [3.63, 3.8) is 0 Å². The Morgan fingerprint density at radius 3 is 2.58 bits per heavy atom. The molecule has 0 saturated carbocycles. The van der Waals surface area contributed by atoms with Gasteiger partial charge >= 0.3 is 6.36 Å². The van der Waals surface area contributed by atoms with Gasteiger partial charge in [0.05, 0.1) is 18.3 Å². The maximum atomic E-state index is 12.4. The van der Waals surface area contributed by atoms with E-state index in [1.54, 1.807) is 24.4 Å². The van der Waals surface area contributed by atoms with Crippen molar-refractivity contribution in [3.8, 4) is 11.6 Å². The number of ether oxygens (including phenoxy) is 2. The monoisotopic (exact) mass is 368 g/mol. The highest BCUT2D eigenvalue weighted by atomic mass is 19.4. The Bertz CT molecular complexity index is 746. The van der Waals surface area contributed by atoms with Gasteiger partial charge in [-0.1, -0.05) is 18.2 Å². The Labute approximate surface area is 148 Å². The fourth-order valence-electron chi connectivity index (χ4n) is 1.95. The molecule has 0 radical (unpaired) electrons. The lowest BCUT2D eigenvalue weighted by Crippen LogP contribution is -2.24. The minimum Gasteiger partial charge on any atom is -0.475 e. The number of rotatable bonds is 6. The number of guanidine groups is 1. The molecule has 0 unspecified atom stereocenters. The van der Waals surface area contributed by atoms with Gasteiger partial charge in [0.25, 0.3) is 0 Å². The third-order valence-electron chi connectivity index (χ3n) is 2.96. The van der Waals surface area contributed by atoms with Crippen LogP contribution >= 0.6 is 0 Å². The van der Waals surface area contributed by atoms with E-state index >= 15 is 0 Å². The molecular formula is C17H19F3N4O2. The maximum Gasteiger partial charge on any atom is 0.573 e. The molecule has 0 aliphatic heterocycles. The van der Waals surface area contributed by atoms with Crippen LogP contribution in [0.25, 0.3) is 0 Å². The molecule has 2 aromatic rings. The number of anilines is 1. The number of halogens is 3. The molecule has 9 heteroatoms. The molecule has 3 N–H and O–H groups in total. The van der Waals surface area contributed by atoms with Crippen LogP contribution in [-0.2, 0) is 6.54 Å². The summed E-state index contributed by atoms with van der Waals surface area (Å²) < 4.78 is 46.6. The van der Waals surface area contributed by atoms with E-state index in [2.05, 4.69) is 20.0 Å². The second kappa shape index (κ2) is 8.41. The second-order valence-corrected chi connectivity index (χ2v) is 5.54. The molecule has 0 aliphatic carbocycles. The van der Waals surface area contributed by atoms with Gasteiger partial charge in [0.15, 0.2) is 11.7 Å². The number of nitrogens with one attached hydrogen (secondary N) is 1. The van der Waals surface area contributed by atoms with Crippen LogP contribution in [0.3, 0.4) is 0 Å². The molecule has 0 spiro atoms. The van der Waals surface area contributed by atoms with E-state index in [9.17, 15) is 13.2 Å². The molecule has 140 valence electrons. The van der Waals surface area contributed by atoms with E-state index in [0.717, 1.165) is 5.56 Å². The van der Waals surface area contributed by atoms with Crippen LogP contribution in [0.1, 0.15) is 19.4 Å². The number of benzene rings is 1. The fraction of sp³-hybridized carbons (Fsp3) is 0.294. The van der Waals surface area contributed by atoms with Crippen LogP contribution in [-0.4, -0.2) is 23.4 Å². The molecule has 0 bridgehead atoms. The van der Waals surface area contributed by atoms with Crippen molar-refractivity contribution in [1.29, 1.82) is 0 Å². The number of nitrogens with two attached hydrogens (primary N) is 1. The summed E-state index contributed by atoms with van der Waals surface area (Å²) in [4.78, 5) is 8.22. The summed E-state index contributed by atoms with van der Waals surface area (Å²) in [5.74, 6) is 0.0535. The van der Waals surface area contributed by atoms with E-state index in [1.807, 2.05) is 13.8 Å². The average Bonchev–Trinajstić information content (AvgIpc) is 2.54. The highest BCUT2D eigenvalue weighted by Gasteiger charge is 2.32. The summed E-state index contributed by atoms with van der Waals surface area (Å²) in [5.41, 5.74) is 6.57. The first kappa shape index (κ1) is 19.4. The second-order valence-electron chi connectivity index (χ2n) is 5.54. The van der Waals surface area contributed by atoms with Crippen LogP contribution in [0.5, 0.6) is 11.6 Å². The number of aliphatic imine (C=N–C) groups is 1. The summed E-state index contributed by atoms with van der Waals surface area (Å²) in [7, 11) is 0. The summed E-state index contributed by atoms with van der Waals surface area (Å²) in [6.07, 6.45) is -3.19. The third kappa shape index (κ3) is 6.50. The van der Waals surface area contributed by atoms with Crippen LogP contribution in [0.2, 0.25) is 0 Å². The van der Waals surface area contributed by atoms with Gasteiger partial charge in [0.2, 0.25) is 5.88 Å². The van der Waals surface area contributed by atoms with Crippen LogP contribution in [0.4, 0.5) is 18.9 Å². The largest absolute Gasteiger partial charge is 0.573 e. The van der Waals surface area contributed by atoms with Gasteiger partial charge in [-0.25, -0.2) is 9.98 Å². The predicted molar refractivity (Wildman–Crippen MR) is 92.1 cm³/mol. The number of aromatic nitrogens is 1. The summed E-state index contributed by atoms with van der Waals surface area (Å²) in [6.45, 7) is 4.00. The number of nitrogens with zero attached hydrogens (tertiary/aromatic N) is 2. The summed E-state index contributed by atoms with van der Waals surface area (Å²) in [5, 5.41) is 2.60. The first-order chi connectivity index (χ1) is 12.2. The average molecular weight is 368 g/mol. The topological polar surface area (TPSA) is 81.8 Å². The van der Waals surface area contributed by atoms with E-state index in [-0.39, 0.29) is 24.3 Å². The SMILES string of the molecule is CC(C)Oc1ccc(CN=C(N)Nc2ccccc2OC(F)(F)F)cn1. The molecule has 1 heterocycles. The van der Waals surface area contributed by atoms with Crippen LogP contribution in [0, 0.1) is 0 Å². The zero-order valence-corrected chi connectivity index (χ0v) is 14.2. The number of hydrogen-bond donors (Lipinski definition) is 2. The highest BCUT2D eigenvalue weighted by molar-refractivity contribution is 5.93. The smallest absolute Gasteiger partial charge is 0.475 e. The molecule has 0 saturated heterocycles. The van der Waals surface area contributed by atoms with Crippen molar-refractivity contribution in [1.82, 2.24) is 4.98 Å². The standard InChI is InChI=1S/C17H19F3N4O2/c1-11(2)25-15-8-7-12(9-22-15)10-23-16(21)24-13-5-3-4-6-14(13)26-17(18,19)20/h3-9,11H,10H2,1-2H3,(H3,21,23,24). The maximum absolute atomic E-state index is 12.4. The Balaban J connectivity index is 2.00. The number of alkyl halides is 3. The van der Waals surface area contributed by atoms with Gasteiger partial charge in [0, 0.05) is 12.3 Å². The number of pyridine rings is 1. The normalized spacial score (nSPS) is 12.2. The van der Waals surface area contributed by atoms with Gasteiger partial charge in [-0.3, -0.25) is 0 Å². The quantitative estimate of drug-likeness (QED) is 0.600. The summed E-state index contributed by atoms with van der Waals surface area (Å²) >= 11 is 0.